The number of nitrogens with one attached hydrogen (secondary N) is 3. The van der Waals surface area contributed by atoms with Crippen LogP contribution in [0.4, 0.5) is 4.79 Å². The summed E-state index contributed by atoms with van der Waals surface area (Å²) in [6.07, 6.45) is 5.44. The minimum atomic E-state index is -1.10. The molecule has 5 atom stereocenters. The molecule has 45 heavy (non-hydrogen) atoms. The van der Waals surface area contributed by atoms with E-state index in [-0.39, 0.29) is 23.7 Å². The molecule has 254 valence electrons. The van der Waals surface area contributed by atoms with Gasteiger partial charge in [0.1, 0.15) is 18.1 Å². The summed E-state index contributed by atoms with van der Waals surface area (Å²) in [5, 5.41) is 8.45. The summed E-state index contributed by atoms with van der Waals surface area (Å²) in [6.45, 7) is 16.8. The molecular formula is C33H56N6O6. The van der Waals surface area contributed by atoms with Crippen molar-refractivity contribution in [3.63, 3.8) is 0 Å². The molecule has 1 aliphatic carbocycles. The van der Waals surface area contributed by atoms with Gasteiger partial charge in [0.15, 0.2) is 0 Å². The van der Waals surface area contributed by atoms with Crippen LogP contribution in [0.25, 0.3) is 0 Å². The van der Waals surface area contributed by atoms with Crippen LogP contribution in [0.5, 0.6) is 0 Å². The van der Waals surface area contributed by atoms with Crippen molar-refractivity contribution in [1.82, 2.24) is 25.8 Å². The summed E-state index contributed by atoms with van der Waals surface area (Å²) < 4.78 is 0. The number of nitrogens with zero attached hydrogens (tertiary/aromatic N) is 2. The molecule has 2 saturated heterocycles. The number of hydrogen-bond acceptors (Lipinski definition) is 6. The van der Waals surface area contributed by atoms with Crippen LogP contribution in [-0.4, -0.2) is 89.0 Å². The Bertz CT molecular complexity index is 1130. The molecule has 0 aromatic rings. The number of urea groups is 1. The van der Waals surface area contributed by atoms with Crippen molar-refractivity contribution >= 4 is 35.4 Å². The number of rotatable bonds is 11. The van der Waals surface area contributed by atoms with E-state index in [1.807, 2.05) is 55.4 Å². The third kappa shape index (κ3) is 9.19. The van der Waals surface area contributed by atoms with Crippen LogP contribution in [0.1, 0.15) is 100 Å². The van der Waals surface area contributed by atoms with Gasteiger partial charge in [-0.25, -0.2) is 4.79 Å². The molecule has 1 saturated carbocycles. The lowest BCUT2D eigenvalue weighted by Crippen LogP contribution is -2.62. The highest BCUT2D eigenvalue weighted by Gasteiger charge is 2.47. The van der Waals surface area contributed by atoms with E-state index in [4.69, 9.17) is 5.73 Å². The maximum absolute atomic E-state index is 14.3. The zero-order valence-electron chi connectivity index (χ0n) is 28.5. The van der Waals surface area contributed by atoms with Gasteiger partial charge in [0.2, 0.25) is 23.5 Å². The first-order valence-electron chi connectivity index (χ1n) is 16.6. The Labute approximate surface area is 268 Å². The number of carbonyl (C=O) groups is 6. The smallest absolute Gasteiger partial charge is 0.316 e. The fraction of sp³-hybridized carbons (Fsp3) is 0.818. The van der Waals surface area contributed by atoms with Crippen molar-refractivity contribution in [3.05, 3.63) is 0 Å². The van der Waals surface area contributed by atoms with Gasteiger partial charge in [-0.05, 0) is 54.3 Å². The average molecular weight is 633 g/mol. The fourth-order valence-corrected chi connectivity index (χ4v) is 6.46. The second kappa shape index (κ2) is 14.5. The van der Waals surface area contributed by atoms with Gasteiger partial charge < -0.3 is 31.5 Å². The minimum Gasteiger partial charge on any atom is -0.363 e. The van der Waals surface area contributed by atoms with Crippen LogP contribution in [-0.2, 0) is 24.0 Å². The van der Waals surface area contributed by atoms with Gasteiger partial charge in [0, 0.05) is 19.6 Å². The van der Waals surface area contributed by atoms with E-state index in [0.29, 0.717) is 32.5 Å². The Morgan fingerprint density at radius 1 is 0.800 bits per heavy atom. The van der Waals surface area contributed by atoms with Crippen molar-refractivity contribution in [2.24, 2.45) is 34.3 Å². The van der Waals surface area contributed by atoms with Gasteiger partial charge in [-0.2, -0.15) is 0 Å². The standard InChI is InChI=1S/C33H56N6O6/c1-19(2)21-17-23(28(42)35-22(24(40)27(34)41)16-20-12-11-13-20)39(18-21)30(44)26(33(6,7)8)37-31(45)36-25(32(3,4)5)29(43)38-14-9-10-15-38/h19-23,25-26H,9-18H2,1-8H3,(H2,34,41)(H,35,42)(H2,36,37,45)/t21-,22?,23+,25-,26-/m1/s1. The number of nitrogens with two attached hydrogens (primary N) is 1. The van der Waals surface area contributed by atoms with Crippen LogP contribution < -0.4 is 21.7 Å². The third-order valence-electron chi connectivity index (χ3n) is 9.73. The van der Waals surface area contributed by atoms with Crippen LogP contribution in [0.15, 0.2) is 0 Å². The highest BCUT2D eigenvalue weighted by molar-refractivity contribution is 6.37. The van der Waals surface area contributed by atoms with E-state index < -0.39 is 64.5 Å². The van der Waals surface area contributed by atoms with Crippen LogP contribution >= 0.6 is 0 Å². The second-order valence-corrected chi connectivity index (χ2v) is 15.8. The average Bonchev–Trinajstić information content (AvgIpc) is 3.60. The zero-order chi connectivity index (χ0) is 33.9. The molecule has 3 rings (SSSR count). The number of ketones is 1. The van der Waals surface area contributed by atoms with Gasteiger partial charge >= 0.3 is 6.03 Å². The first kappa shape index (κ1) is 36.3. The van der Waals surface area contributed by atoms with Gasteiger partial charge in [-0.3, -0.25) is 24.0 Å². The summed E-state index contributed by atoms with van der Waals surface area (Å²) in [5.41, 5.74) is 4.00. The van der Waals surface area contributed by atoms with Gasteiger partial charge in [-0.15, -0.1) is 0 Å². The topological polar surface area (TPSA) is 171 Å². The maximum atomic E-state index is 14.3. The molecule has 0 aromatic carbocycles. The van der Waals surface area contributed by atoms with Gasteiger partial charge in [0.05, 0.1) is 6.04 Å². The van der Waals surface area contributed by atoms with Crippen molar-refractivity contribution in [2.75, 3.05) is 19.6 Å². The molecule has 0 spiro atoms. The number of primary amides is 1. The zero-order valence-corrected chi connectivity index (χ0v) is 28.5. The number of Topliss-reactive ketones (excluding diaryl/α,β-unsaturated/α-hetero) is 1. The van der Waals surface area contributed by atoms with Crippen molar-refractivity contribution < 1.29 is 28.8 Å². The second-order valence-electron chi connectivity index (χ2n) is 15.8. The molecule has 12 nitrogen and oxygen atoms in total. The van der Waals surface area contributed by atoms with E-state index in [2.05, 4.69) is 16.0 Å². The number of carbonyl (C=O) groups excluding carboxylic acids is 6. The Morgan fingerprint density at radius 3 is 1.78 bits per heavy atom. The minimum absolute atomic E-state index is 0.0134. The van der Waals surface area contributed by atoms with Crippen LogP contribution in [0.2, 0.25) is 0 Å². The Morgan fingerprint density at radius 2 is 1.33 bits per heavy atom. The molecule has 2 aliphatic heterocycles. The Hall–Kier alpha value is -3.18. The van der Waals surface area contributed by atoms with Crippen molar-refractivity contribution in [1.29, 1.82) is 0 Å². The maximum Gasteiger partial charge on any atom is 0.316 e. The Kier molecular flexibility index (Phi) is 11.7. The summed E-state index contributed by atoms with van der Waals surface area (Å²) in [4.78, 5) is 82.6. The van der Waals surface area contributed by atoms with Gasteiger partial charge in [0.25, 0.3) is 5.91 Å². The van der Waals surface area contributed by atoms with Gasteiger partial charge in [-0.1, -0.05) is 74.7 Å². The molecule has 12 heteroatoms. The van der Waals surface area contributed by atoms with Crippen LogP contribution in [0.3, 0.4) is 0 Å². The van der Waals surface area contributed by atoms with E-state index in [1.54, 1.807) is 4.90 Å². The molecular weight excluding hydrogens is 576 g/mol. The van der Waals surface area contributed by atoms with E-state index in [0.717, 1.165) is 32.1 Å². The number of hydrogen-bond donors (Lipinski definition) is 4. The molecule has 6 amide bonds. The third-order valence-corrected chi connectivity index (χ3v) is 9.73. The number of likely N-dealkylation sites (tertiary alicyclic amines) is 2. The lowest BCUT2D eigenvalue weighted by molar-refractivity contribution is -0.143. The monoisotopic (exact) mass is 632 g/mol. The molecule has 5 N–H and O–H groups in total. The summed E-state index contributed by atoms with van der Waals surface area (Å²) in [6, 6.07) is -4.37. The molecule has 1 unspecified atom stereocenters. The highest BCUT2D eigenvalue weighted by atomic mass is 16.2. The Balaban J connectivity index is 1.82. The normalized spacial score (nSPS) is 22.8. The van der Waals surface area contributed by atoms with E-state index in [1.165, 1.54) is 4.90 Å². The van der Waals surface area contributed by atoms with Crippen molar-refractivity contribution in [2.45, 2.75) is 125 Å². The summed E-state index contributed by atoms with van der Waals surface area (Å²) in [7, 11) is 0. The fourth-order valence-electron chi connectivity index (χ4n) is 6.46. The predicted molar refractivity (Wildman–Crippen MR) is 171 cm³/mol. The molecule has 0 bridgehead atoms. The molecule has 2 heterocycles. The highest BCUT2D eigenvalue weighted by Crippen LogP contribution is 2.34. The molecule has 0 aromatic heterocycles. The molecule has 3 fully saturated rings. The van der Waals surface area contributed by atoms with E-state index >= 15 is 0 Å². The lowest BCUT2D eigenvalue weighted by atomic mass is 9.80. The lowest BCUT2D eigenvalue weighted by Gasteiger charge is -2.37. The van der Waals surface area contributed by atoms with Crippen LogP contribution in [0, 0.1) is 28.6 Å². The predicted octanol–water partition coefficient (Wildman–Crippen LogP) is 2.34. The SMILES string of the molecule is CC(C)[C@@H]1C[C@@H](C(=O)NC(CC2CCC2)C(=O)C(N)=O)N(C(=O)[C@@H](NC(=O)N[C@H](C(=O)N2CCCC2)C(C)(C)C)C(C)(C)C)C1. The largest absolute Gasteiger partial charge is 0.363 e. The summed E-state index contributed by atoms with van der Waals surface area (Å²) in [5.74, 6) is -2.60. The summed E-state index contributed by atoms with van der Waals surface area (Å²) >= 11 is 0. The molecule has 3 aliphatic rings. The first-order chi connectivity index (χ1) is 20.8. The van der Waals surface area contributed by atoms with E-state index in [9.17, 15) is 28.8 Å². The quantitative estimate of drug-likeness (QED) is 0.255. The number of amides is 6. The van der Waals surface area contributed by atoms with Crippen molar-refractivity contribution in [3.8, 4) is 0 Å². The first-order valence-corrected chi connectivity index (χ1v) is 16.6. The molecule has 0 radical (unpaired) electrons.